The van der Waals surface area contributed by atoms with Crippen LogP contribution in [0.5, 0.6) is 0 Å². The lowest BCUT2D eigenvalue weighted by Gasteiger charge is -2.34. The number of amides is 1. The van der Waals surface area contributed by atoms with Crippen molar-refractivity contribution < 1.29 is 13.2 Å². The zero-order valence-electron chi connectivity index (χ0n) is 21.6. The molecule has 8 heteroatoms. The van der Waals surface area contributed by atoms with Gasteiger partial charge in [0.2, 0.25) is 10.0 Å². The first-order valence-electron chi connectivity index (χ1n) is 13.1. The maximum atomic E-state index is 13.5. The molecule has 1 heterocycles. The van der Waals surface area contributed by atoms with Crippen molar-refractivity contribution in [2.45, 2.75) is 80.4 Å². The van der Waals surface area contributed by atoms with E-state index in [0.29, 0.717) is 37.0 Å². The van der Waals surface area contributed by atoms with Crippen molar-refractivity contribution in [3.63, 3.8) is 0 Å². The Labute approximate surface area is 230 Å². The minimum Gasteiger partial charge on any atom is -0.352 e. The molecule has 1 N–H and O–H groups in total. The number of benzene rings is 2. The highest BCUT2D eigenvalue weighted by Crippen LogP contribution is 2.34. The maximum Gasteiger partial charge on any atom is 0.252 e. The van der Waals surface area contributed by atoms with Gasteiger partial charge in [-0.05, 0) is 67.1 Å². The second kappa shape index (κ2) is 14.0. The van der Waals surface area contributed by atoms with Gasteiger partial charge >= 0.3 is 0 Å². The molecule has 2 aromatic rings. The number of sulfonamides is 1. The molecule has 1 amide bonds. The predicted molar refractivity (Wildman–Crippen MR) is 152 cm³/mol. The summed E-state index contributed by atoms with van der Waals surface area (Å²) in [7, 11) is -3.68. The van der Waals surface area contributed by atoms with Crippen molar-refractivity contribution in [3.05, 3.63) is 52.5 Å². The number of hydrogen-bond acceptors (Lipinski definition) is 4. The Hall–Kier alpha value is -1.35. The van der Waals surface area contributed by atoms with E-state index in [1.165, 1.54) is 37.4 Å². The summed E-state index contributed by atoms with van der Waals surface area (Å²) in [6.07, 6.45) is 7.90. The van der Waals surface area contributed by atoms with Gasteiger partial charge in [0, 0.05) is 33.9 Å². The average Bonchev–Trinajstić information content (AvgIpc) is 2.84. The molecule has 0 bridgehead atoms. The molecule has 0 saturated carbocycles. The fourth-order valence-electron chi connectivity index (χ4n) is 4.72. The summed E-state index contributed by atoms with van der Waals surface area (Å²) >= 11 is 4.93. The van der Waals surface area contributed by atoms with Crippen LogP contribution >= 0.6 is 27.7 Å². The van der Waals surface area contributed by atoms with Crippen LogP contribution in [0, 0.1) is 11.8 Å². The van der Waals surface area contributed by atoms with Gasteiger partial charge in [-0.25, -0.2) is 8.42 Å². The highest BCUT2D eigenvalue weighted by molar-refractivity contribution is 9.10. The Morgan fingerprint density at radius 3 is 2.31 bits per heavy atom. The largest absolute Gasteiger partial charge is 0.352 e. The molecule has 2 atom stereocenters. The van der Waals surface area contributed by atoms with Gasteiger partial charge in [-0.1, -0.05) is 80.6 Å². The normalized spacial score (nSPS) is 18.8. The van der Waals surface area contributed by atoms with E-state index in [1.54, 1.807) is 22.5 Å². The summed E-state index contributed by atoms with van der Waals surface area (Å²) in [5.41, 5.74) is 0.410. The molecule has 3 rings (SSSR count). The molecule has 2 aromatic carbocycles. The molecule has 1 aliphatic rings. The quantitative estimate of drug-likeness (QED) is 0.261. The molecule has 5 nitrogen and oxygen atoms in total. The van der Waals surface area contributed by atoms with Crippen LogP contribution in [0.25, 0.3) is 0 Å². The minimum absolute atomic E-state index is 0.189. The highest BCUT2D eigenvalue weighted by Gasteiger charge is 2.32. The van der Waals surface area contributed by atoms with Crippen LogP contribution in [-0.2, 0) is 10.0 Å². The fraction of sp³-hybridized carbons (Fsp3) is 0.536. The van der Waals surface area contributed by atoms with Gasteiger partial charge in [0.25, 0.3) is 5.91 Å². The molecule has 1 fully saturated rings. The number of piperidine rings is 1. The first kappa shape index (κ1) is 29.2. The lowest BCUT2D eigenvalue weighted by atomic mass is 9.94. The van der Waals surface area contributed by atoms with Crippen LogP contribution in [0.1, 0.15) is 76.1 Å². The number of carbonyl (C=O) groups is 1. The SMILES string of the molecule is CCCCCCCCNC(=O)c1cc(S(=O)(=O)N2C[C@H](C)C[C@@H](C)C2)ccc1Sc1ccc(Br)cc1. The maximum absolute atomic E-state index is 13.5. The summed E-state index contributed by atoms with van der Waals surface area (Å²) in [5, 5.41) is 3.03. The van der Waals surface area contributed by atoms with E-state index in [2.05, 4.69) is 42.0 Å². The Balaban J connectivity index is 1.81. The van der Waals surface area contributed by atoms with Crippen molar-refractivity contribution in [1.29, 1.82) is 0 Å². The number of unbranched alkanes of at least 4 members (excludes halogenated alkanes) is 5. The molecular formula is C28H39BrN2O3S2. The molecule has 198 valence electrons. The third-order valence-electron chi connectivity index (χ3n) is 6.53. The number of carbonyl (C=O) groups excluding carboxylic acids is 1. The number of hydrogen-bond donors (Lipinski definition) is 1. The van der Waals surface area contributed by atoms with Crippen LogP contribution in [0.2, 0.25) is 0 Å². The van der Waals surface area contributed by atoms with Gasteiger partial charge in [-0.15, -0.1) is 0 Å². The van der Waals surface area contributed by atoms with Gasteiger partial charge in [0.05, 0.1) is 10.5 Å². The minimum atomic E-state index is -3.68. The zero-order chi connectivity index (χ0) is 26.1. The van der Waals surface area contributed by atoms with Crippen LogP contribution in [0.3, 0.4) is 0 Å². The van der Waals surface area contributed by atoms with E-state index in [0.717, 1.165) is 33.5 Å². The molecule has 0 aromatic heterocycles. The summed E-state index contributed by atoms with van der Waals surface area (Å²) in [5.74, 6) is 0.410. The predicted octanol–water partition coefficient (Wildman–Crippen LogP) is 7.36. The van der Waals surface area contributed by atoms with Crippen LogP contribution < -0.4 is 5.32 Å². The number of halogens is 1. The fourth-order valence-corrected chi connectivity index (χ4v) is 7.61. The van der Waals surface area contributed by atoms with E-state index >= 15 is 0 Å². The van der Waals surface area contributed by atoms with Crippen LogP contribution in [-0.4, -0.2) is 38.3 Å². The Morgan fingerprint density at radius 2 is 1.64 bits per heavy atom. The van der Waals surface area contributed by atoms with Gasteiger partial charge in [-0.3, -0.25) is 4.79 Å². The zero-order valence-corrected chi connectivity index (χ0v) is 24.9. The standard InChI is InChI=1S/C28H39BrN2O3S2/c1-4-5-6-7-8-9-16-30-28(32)26-18-25(36(33,34)31-19-21(2)17-22(3)20-31)14-15-27(26)35-24-12-10-23(29)11-13-24/h10-15,18,21-22H,4-9,16-17,19-20H2,1-3H3,(H,30,32)/t21-,22-/m1/s1. The molecule has 36 heavy (non-hydrogen) atoms. The molecule has 1 aliphatic heterocycles. The molecular weight excluding hydrogens is 556 g/mol. The van der Waals surface area contributed by atoms with Crippen molar-refractivity contribution in [2.75, 3.05) is 19.6 Å². The van der Waals surface area contributed by atoms with Crippen molar-refractivity contribution in [3.8, 4) is 0 Å². The molecule has 0 radical (unpaired) electrons. The first-order valence-corrected chi connectivity index (χ1v) is 16.1. The van der Waals surface area contributed by atoms with Crippen LogP contribution in [0.15, 0.2) is 61.6 Å². The Kier molecular flexibility index (Phi) is 11.3. The lowest BCUT2D eigenvalue weighted by molar-refractivity contribution is 0.0949. The monoisotopic (exact) mass is 594 g/mol. The summed E-state index contributed by atoms with van der Waals surface area (Å²) in [6.45, 7) is 8.01. The second-order valence-corrected chi connectivity index (χ2v) is 14.0. The number of rotatable bonds is 12. The van der Waals surface area contributed by atoms with E-state index in [4.69, 9.17) is 0 Å². The second-order valence-electron chi connectivity index (χ2n) is 10.0. The van der Waals surface area contributed by atoms with Gasteiger partial charge in [-0.2, -0.15) is 4.31 Å². The average molecular weight is 596 g/mol. The van der Waals surface area contributed by atoms with Gasteiger partial charge in [0.1, 0.15) is 0 Å². The number of nitrogens with zero attached hydrogens (tertiary/aromatic N) is 1. The summed E-state index contributed by atoms with van der Waals surface area (Å²) in [4.78, 5) is 15.2. The third kappa shape index (κ3) is 8.33. The van der Waals surface area contributed by atoms with Crippen molar-refractivity contribution in [2.24, 2.45) is 11.8 Å². The van der Waals surface area contributed by atoms with E-state index in [-0.39, 0.29) is 10.8 Å². The Bertz CT molecular complexity index is 1100. The third-order valence-corrected chi connectivity index (χ3v) is 9.97. The van der Waals surface area contributed by atoms with E-state index in [1.807, 2.05) is 24.3 Å². The van der Waals surface area contributed by atoms with Gasteiger partial charge < -0.3 is 5.32 Å². The molecule has 1 saturated heterocycles. The van der Waals surface area contributed by atoms with E-state index in [9.17, 15) is 13.2 Å². The van der Waals surface area contributed by atoms with Crippen molar-refractivity contribution >= 4 is 43.6 Å². The molecule has 0 unspecified atom stereocenters. The smallest absolute Gasteiger partial charge is 0.252 e. The van der Waals surface area contributed by atoms with Crippen LogP contribution in [0.4, 0.5) is 0 Å². The first-order chi connectivity index (χ1) is 17.2. The lowest BCUT2D eigenvalue weighted by Crippen LogP contribution is -2.42. The summed E-state index contributed by atoms with van der Waals surface area (Å²) in [6, 6.07) is 12.9. The van der Waals surface area contributed by atoms with E-state index < -0.39 is 10.0 Å². The van der Waals surface area contributed by atoms with Gasteiger partial charge in [0.15, 0.2) is 0 Å². The van der Waals surface area contributed by atoms with Crippen molar-refractivity contribution in [1.82, 2.24) is 9.62 Å². The topological polar surface area (TPSA) is 66.5 Å². The number of nitrogens with one attached hydrogen (secondary N) is 1. The summed E-state index contributed by atoms with van der Waals surface area (Å²) < 4.78 is 29.6. The molecule has 0 spiro atoms. The molecule has 0 aliphatic carbocycles. The Morgan fingerprint density at radius 1 is 1.00 bits per heavy atom. The highest BCUT2D eigenvalue weighted by atomic mass is 79.9.